The predicted molar refractivity (Wildman–Crippen MR) is 114 cm³/mol. The van der Waals surface area contributed by atoms with Gasteiger partial charge in [0.15, 0.2) is 0 Å². The number of benzene rings is 2. The summed E-state index contributed by atoms with van der Waals surface area (Å²) in [6.45, 7) is 7.92. The first-order chi connectivity index (χ1) is 14.3. The van der Waals surface area contributed by atoms with Gasteiger partial charge in [-0.2, -0.15) is 0 Å². The van der Waals surface area contributed by atoms with Crippen LogP contribution in [0.1, 0.15) is 30.5 Å². The lowest BCUT2D eigenvalue weighted by molar-refractivity contribution is -0.130. The Morgan fingerprint density at radius 2 is 1.73 bits per heavy atom. The Kier molecular flexibility index (Phi) is 3.96. The highest BCUT2D eigenvalue weighted by Crippen LogP contribution is 2.54. The summed E-state index contributed by atoms with van der Waals surface area (Å²) in [6.07, 6.45) is 0. The summed E-state index contributed by atoms with van der Waals surface area (Å²) >= 11 is 0. The molecule has 0 saturated carbocycles. The average Bonchev–Trinajstić information content (AvgIpc) is 3.28. The summed E-state index contributed by atoms with van der Waals surface area (Å²) in [6, 6.07) is 12.9. The minimum Gasteiger partial charge on any atom is -0.324 e. The van der Waals surface area contributed by atoms with Gasteiger partial charge >= 0.3 is 0 Å². The van der Waals surface area contributed by atoms with Gasteiger partial charge in [-0.3, -0.25) is 19.7 Å². The van der Waals surface area contributed by atoms with Gasteiger partial charge in [0, 0.05) is 17.3 Å². The Morgan fingerprint density at radius 1 is 1.00 bits per heavy atom. The van der Waals surface area contributed by atoms with Crippen LogP contribution in [-0.4, -0.2) is 23.8 Å². The van der Waals surface area contributed by atoms with Crippen molar-refractivity contribution < 1.29 is 14.4 Å². The molecule has 3 aliphatic rings. The quantitative estimate of drug-likeness (QED) is 0.756. The minimum absolute atomic E-state index is 0.0771. The summed E-state index contributed by atoms with van der Waals surface area (Å²) < 4.78 is 0. The fraction of sp³-hybridized carbons (Fsp3) is 0.375. The first kappa shape index (κ1) is 19.0. The van der Waals surface area contributed by atoms with Crippen molar-refractivity contribution in [1.82, 2.24) is 5.32 Å². The zero-order valence-corrected chi connectivity index (χ0v) is 17.5. The molecule has 2 N–H and O–H groups in total. The van der Waals surface area contributed by atoms with E-state index in [0.29, 0.717) is 11.4 Å². The molecular weight excluding hydrogens is 378 g/mol. The molecule has 3 heterocycles. The number of amides is 3. The summed E-state index contributed by atoms with van der Waals surface area (Å²) in [5.41, 5.74) is 2.76. The molecule has 0 aromatic heterocycles. The summed E-state index contributed by atoms with van der Waals surface area (Å²) in [5, 5.41) is 6.38. The number of imide groups is 1. The van der Waals surface area contributed by atoms with E-state index in [1.807, 2.05) is 70.2 Å². The minimum atomic E-state index is -1.23. The lowest BCUT2D eigenvalue weighted by Gasteiger charge is -2.30. The highest BCUT2D eigenvalue weighted by molar-refractivity contribution is 6.26. The van der Waals surface area contributed by atoms with Gasteiger partial charge in [-0.25, -0.2) is 4.90 Å². The average molecular weight is 403 g/mol. The third kappa shape index (κ3) is 2.25. The van der Waals surface area contributed by atoms with Gasteiger partial charge in [-0.1, -0.05) is 49.7 Å². The van der Waals surface area contributed by atoms with Crippen LogP contribution in [-0.2, 0) is 19.9 Å². The number of hydrogen-bond donors (Lipinski definition) is 2. The molecule has 0 aliphatic carbocycles. The van der Waals surface area contributed by atoms with Gasteiger partial charge in [0.25, 0.3) is 0 Å². The number of para-hydroxylation sites is 1. The largest absolute Gasteiger partial charge is 0.324 e. The second-order valence-corrected chi connectivity index (χ2v) is 9.03. The number of hydrogen-bond acceptors (Lipinski definition) is 4. The fourth-order valence-electron chi connectivity index (χ4n) is 5.56. The van der Waals surface area contributed by atoms with Crippen molar-refractivity contribution in [3.05, 3.63) is 59.2 Å². The molecule has 2 fully saturated rings. The second-order valence-electron chi connectivity index (χ2n) is 9.03. The van der Waals surface area contributed by atoms with Crippen molar-refractivity contribution >= 4 is 29.1 Å². The van der Waals surface area contributed by atoms with Crippen LogP contribution in [0.25, 0.3) is 0 Å². The van der Waals surface area contributed by atoms with Crippen LogP contribution in [0, 0.1) is 31.6 Å². The smallest absolute Gasteiger partial charge is 0.250 e. The molecule has 1 spiro atoms. The molecule has 2 saturated heterocycles. The van der Waals surface area contributed by atoms with E-state index in [-0.39, 0.29) is 29.7 Å². The van der Waals surface area contributed by atoms with Gasteiger partial charge in [-0.15, -0.1) is 0 Å². The number of carbonyl (C=O) groups is 3. The first-order valence-corrected chi connectivity index (χ1v) is 10.4. The Bertz CT molecular complexity index is 1110. The molecule has 154 valence electrons. The molecule has 3 amide bonds. The highest BCUT2D eigenvalue weighted by Gasteiger charge is 2.71. The van der Waals surface area contributed by atoms with Gasteiger partial charge in [0.2, 0.25) is 17.7 Å². The molecule has 2 aromatic rings. The molecule has 30 heavy (non-hydrogen) atoms. The van der Waals surface area contributed by atoms with E-state index < -0.39 is 17.4 Å². The van der Waals surface area contributed by atoms with Crippen molar-refractivity contribution in [2.45, 2.75) is 39.3 Å². The standard InChI is InChI=1S/C24H25N3O3/c1-12(2)20-18-19(24(26-20)15-7-5-6-8-16(15)25-23(24)30)22(29)27(21(18)28)17-10-9-13(3)11-14(17)4/h5-12,18-20,26H,1-4H3,(H,25,30). The lowest BCUT2D eigenvalue weighted by atomic mass is 9.76. The van der Waals surface area contributed by atoms with Crippen LogP contribution in [0.3, 0.4) is 0 Å². The molecule has 0 radical (unpaired) electrons. The number of nitrogens with one attached hydrogen (secondary N) is 2. The van der Waals surface area contributed by atoms with Gasteiger partial charge in [0.1, 0.15) is 5.54 Å². The molecule has 4 atom stereocenters. The fourth-order valence-corrected chi connectivity index (χ4v) is 5.56. The van der Waals surface area contributed by atoms with Crippen LogP contribution < -0.4 is 15.5 Å². The van der Waals surface area contributed by atoms with Crippen molar-refractivity contribution in [3.8, 4) is 0 Å². The number of rotatable bonds is 2. The number of nitrogens with zero attached hydrogens (tertiary/aromatic N) is 1. The molecule has 6 heteroatoms. The topological polar surface area (TPSA) is 78.5 Å². The maximum absolute atomic E-state index is 13.8. The zero-order chi connectivity index (χ0) is 21.4. The molecule has 5 rings (SSSR count). The van der Waals surface area contributed by atoms with Crippen molar-refractivity contribution in [3.63, 3.8) is 0 Å². The summed E-state index contributed by atoms with van der Waals surface area (Å²) in [5.74, 6) is -2.08. The number of anilines is 2. The van der Waals surface area contributed by atoms with E-state index in [2.05, 4.69) is 10.6 Å². The van der Waals surface area contributed by atoms with E-state index >= 15 is 0 Å². The van der Waals surface area contributed by atoms with E-state index in [9.17, 15) is 14.4 Å². The van der Waals surface area contributed by atoms with Crippen LogP contribution >= 0.6 is 0 Å². The maximum atomic E-state index is 13.8. The predicted octanol–water partition coefficient (Wildman–Crippen LogP) is 2.88. The SMILES string of the molecule is Cc1ccc(N2C(=O)C3C(C(C)C)NC4(C(=O)Nc5ccccc54)C3C2=O)c(C)c1. The summed E-state index contributed by atoms with van der Waals surface area (Å²) in [7, 11) is 0. The van der Waals surface area contributed by atoms with Crippen molar-refractivity contribution in [2.75, 3.05) is 10.2 Å². The Labute approximate surface area is 175 Å². The second kappa shape index (κ2) is 6.25. The Balaban J connectivity index is 1.70. The van der Waals surface area contributed by atoms with Gasteiger partial charge in [-0.05, 0) is 37.5 Å². The summed E-state index contributed by atoms with van der Waals surface area (Å²) in [4.78, 5) is 42.1. The number of fused-ring (bicyclic) bond motifs is 4. The number of aryl methyl sites for hydroxylation is 2. The Morgan fingerprint density at radius 3 is 2.43 bits per heavy atom. The monoisotopic (exact) mass is 403 g/mol. The van der Waals surface area contributed by atoms with E-state index in [1.54, 1.807) is 0 Å². The van der Waals surface area contributed by atoms with Crippen LogP contribution in [0.4, 0.5) is 11.4 Å². The normalized spacial score (nSPS) is 29.7. The van der Waals surface area contributed by atoms with Crippen molar-refractivity contribution in [1.29, 1.82) is 0 Å². The van der Waals surface area contributed by atoms with Crippen molar-refractivity contribution in [2.24, 2.45) is 17.8 Å². The molecule has 4 unspecified atom stereocenters. The van der Waals surface area contributed by atoms with Gasteiger partial charge < -0.3 is 5.32 Å². The van der Waals surface area contributed by atoms with Crippen LogP contribution in [0.15, 0.2) is 42.5 Å². The van der Waals surface area contributed by atoms with Crippen LogP contribution in [0.2, 0.25) is 0 Å². The third-order valence-corrected chi connectivity index (χ3v) is 6.87. The molecular formula is C24H25N3O3. The molecule has 3 aliphatic heterocycles. The molecule has 6 nitrogen and oxygen atoms in total. The van der Waals surface area contributed by atoms with Gasteiger partial charge in [0.05, 0.1) is 17.5 Å². The van der Waals surface area contributed by atoms with E-state index in [4.69, 9.17) is 0 Å². The van der Waals surface area contributed by atoms with Crippen LogP contribution in [0.5, 0.6) is 0 Å². The molecule has 2 aromatic carbocycles. The lowest BCUT2D eigenvalue weighted by Crippen LogP contribution is -2.54. The third-order valence-electron chi connectivity index (χ3n) is 6.87. The zero-order valence-electron chi connectivity index (χ0n) is 17.5. The molecule has 0 bridgehead atoms. The van der Waals surface area contributed by atoms with E-state index in [1.165, 1.54) is 4.90 Å². The Hall–Kier alpha value is -2.99. The maximum Gasteiger partial charge on any atom is 0.250 e. The van der Waals surface area contributed by atoms with E-state index in [0.717, 1.165) is 16.7 Å². The highest BCUT2D eigenvalue weighted by atomic mass is 16.2. The first-order valence-electron chi connectivity index (χ1n) is 10.4. The number of carbonyl (C=O) groups excluding carboxylic acids is 3.